The molecule has 136 valence electrons. The highest BCUT2D eigenvalue weighted by Crippen LogP contribution is 2.34. The zero-order chi connectivity index (χ0) is 18.0. The van der Waals surface area contributed by atoms with Crippen molar-refractivity contribution < 1.29 is 14.7 Å². The minimum atomic E-state index is -0.923. The predicted octanol–water partition coefficient (Wildman–Crippen LogP) is 1.94. The Balaban J connectivity index is 1.60. The lowest BCUT2D eigenvalue weighted by Gasteiger charge is -2.41. The first-order valence-electron chi connectivity index (χ1n) is 8.71. The monoisotopic (exact) mass is 365 g/mol. The number of carbonyl (C=O) groups excluding carboxylic acids is 2. The summed E-state index contributed by atoms with van der Waals surface area (Å²) in [5, 5.41) is 11.5. The summed E-state index contributed by atoms with van der Waals surface area (Å²) < 4.78 is 0. The Kier molecular flexibility index (Phi) is 5.20. The molecule has 3 amide bonds. The summed E-state index contributed by atoms with van der Waals surface area (Å²) in [6, 6.07) is 6.75. The molecule has 0 aliphatic carbocycles. The van der Waals surface area contributed by atoms with Crippen molar-refractivity contribution in [2.24, 2.45) is 11.7 Å². The van der Waals surface area contributed by atoms with Gasteiger partial charge < -0.3 is 20.6 Å². The first-order chi connectivity index (χ1) is 11.9. The molecule has 0 aromatic heterocycles. The number of piperidine rings is 2. The summed E-state index contributed by atoms with van der Waals surface area (Å²) in [5.41, 5.74) is 5.25. The molecule has 2 aliphatic rings. The van der Waals surface area contributed by atoms with E-state index in [0.717, 1.165) is 18.4 Å². The van der Waals surface area contributed by atoms with Gasteiger partial charge in [-0.25, -0.2) is 4.79 Å². The predicted molar refractivity (Wildman–Crippen MR) is 95.0 cm³/mol. The van der Waals surface area contributed by atoms with Crippen molar-refractivity contribution in [1.82, 2.24) is 9.80 Å². The lowest BCUT2D eigenvalue weighted by molar-refractivity contribution is -0.141. The van der Waals surface area contributed by atoms with Crippen LogP contribution in [0.25, 0.3) is 0 Å². The van der Waals surface area contributed by atoms with Crippen molar-refractivity contribution in [1.29, 1.82) is 0 Å². The lowest BCUT2D eigenvalue weighted by Crippen LogP contribution is -2.51. The maximum absolute atomic E-state index is 12.8. The Bertz CT molecular complexity index is 641. The van der Waals surface area contributed by atoms with Crippen LogP contribution in [0.2, 0.25) is 5.02 Å². The molecule has 2 fully saturated rings. The molecule has 2 heterocycles. The van der Waals surface area contributed by atoms with Gasteiger partial charge in [-0.15, -0.1) is 0 Å². The number of halogens is 1. The summed E-state index contributed by atoms with van der Waals surface area (Å²) in [7, 11) is 0. The summed E-state index contributed by atoms with van der Waals surface area (Å²) in [6.45, 7) is 2.03. The van der Waals surface area contributed by atoms with Gasteiger partial charge in [0.15, 0.2) is 0 Å². The number of nitrogens with zero attached hydrogens (tertiary/aromatic N) is 2. The number of hydrogen-bond acceptors (Lipinski definition) is 3. The second-order valence-corrected chi connectivity index (χ2v) is 7.42. The molecule has 0 unspecified atom stereocenters. The Morgan fingerprint density at radius 1 is 1.12 bits per heavy atom. The van der Waals surface area contributed by atoms with Crippen molar-refractivity contribution in [3.63, 3.8) is 0 Å². The molecular formula is C18H24ClN3O3. The number of benzene rings is 1. The third kappa shape index (κ3) is 3.90. The molecule has 2 aliphatic heterocycles. The standard InChI is InChI=1S/C18H24ClN3O3/c19-15-5-3-14(4-6-15)18(25)7-10-21(11-8-18)16(23)13-2-1-9-22(12-13)17(20)24/h3-6,13,25H,1-2,7-12H2,(H2,20,24)/t13-/m1/s1. The number of primary amides is 1. The number of nitrogens with two attached hydrogens (primary N) is 1. The van der Waals surface area contributed by atoms with Gasteiger partial charge in [0.1, 0.15) is 0 Å². The molecular weight excluding hydrogens is 342 g/mol. The molecule has 0 bridgehead atoms. The van der Waals surface area contributed by atoms with Crippen molar-refractivity contribution in [2.75, 3.05) is 26.2 Å². The molecule has 2 saturated heterocycles. The van der Waals surface area contributed by atoms with Crippen LogP contribution in [-0.2, 0) is 10.4 Å². The number of likely N-dealkylation sites (tertiary alicyclic amines) is 2. The van der Waals surface area contributed by atoms with E-state index in [1.54, 1.807) is 21.9 Å². The third-order valence-electron chi connectivity index (χ3n) is 5.37. The Morgan fingerprint density at radius 2 is 1.76 bits per heavy atom. The van der Waals surface area contributed by atoms with Crippen molar-refractivity contribution in [3.8, 4) is 0 Å². The van der Waals surface area contributed by atoms with Crippen LogP contribution >= 0.6 is 11.6 Å². The topological polar surface area (TPSA) is 86.9 Å². The zero-order valence-electron chi connectivity index (χ0n) is 14.2. The van der Waals surface area contributed by atoms with E-state index in [1.807, 2.05) is 12.1 Å². The van der Waals surface area contributed by atoms with Crippen molar-refractivity contribution in [2.45, 2.75) is 31.3 Å². The molecule has 25 heavy (non-hydrogen) atoms. The van der Waals surface area contributed by atoms with E-state index < -0.39 is 11.6 Å². The highest BCUT2D eigenvalue weighted by atomic mass is 35.5. The first-order valence-corrected chi connectivity index (χ1v) is 9.08. The van der Waals surface area contributed by atoms with E-state index in [2.05, 4.69) is 0 Å². The molecule has 1 aromatic rings. The molecule has 1 atom stereocenters. The number of hydrogen-bond donors (Lipinski definition) is 2. The average molecular weight is 366 g/mol. The van der Waals surface area contributed by atoms with Crippen LogP contribution in [0.4, 0.5) is 4.79 Å². The minimum absolute atomic E-state index is 0.0594. The number of carbonyl (C=O) groups is 2. The van der Waals surface area contributed by atoms with Gasteiger partial charge >= 0.3 is 6.03 Å². The second-order valence-electron chi connectivity index (χ2n) is 6.99. The fourth-order valence-electron chi connectivity index (χ4n) is 3.78. The fourth-order valence-corrected chi connectivity index (χ4v) is 3.91. The van der Waals surface area contributed by atoms with E-state index in [9.17, 15) is 14.7 Å². The van der Waals surface area contributed by atoms with Gasteiger partial charge in [0.2, 0.25) is 5.91 Å². The maximum Gasteiger partial charge on any atom is 0.314 e. The smallest absolute Gasteiger partial charge is 0.314 e. The van der Waals surface area contributed by atoms with Gasteiger partial charge in [0.25, 0.3) is 0 Å². The van der Waals surface area contributed by atoms with Crippen molar-refractivity contribution in [3.05, 3.63) is 34.9 Å². The van der Waals surface area contributed by atoms with Crippen LogP contribution in [0.15, 0.2) is 24.3 Å². The van der Waals surface area contributed by atoms with E-state index >= 15 is 0 Å². The summed E-state index contributed by atoms with van der Waals surface area (Å²) in [6.07, 6.45) is 2.56. The Labute approximate surface area is 152 Å². The number of rotatable bonds is 2. The molecule has 1 aromatic carbocycles. The molecule has 3 rings (SSSR count). The van der Waals surface area contributed by atoms with E-state index in [1.165, 1.54) is 0 Å². The van der Waals surface area contributed by atoms with Crippen LogP contribution < -0.4 is 5.73 Å². The van der Waals surface area contributed by atoms with Crippen LogP contribution in [0.3, 0.4) is 0 Å². The number of amides is 3. The van der Waals surface area contributed by atoms with Gasteiger partial charge in [-0.3, -0.25) is 4.79 Å². The molecule has 7 heteroatoms. The van der Waals surface area contributed by atoms with E-state index in [0.29, 0.717) is 44.0 Å². The van der Waals surface area contributed by atoms with Crippen LogP contribution in [0.5, 0.6) is 0 Å². The first kappa shape index (κ1) is 18.0. The number of aliphatic hydroxyl groups is 1. The van der Waals surface area contributed by atoms with Crippen LogP contribution in [-0.4, -0.2) is 53.0 Å². The average Bonchev–Trinajstić information content (AvgIpc) is 2.62. The quantitative estimate of drug-likeness (QED) is 0.839. The van der Waals surface area contributed by atoms with Crippen LogP contribution in [0, 0.1) is 5.92 Å². The zero-order valence-corrected chi connectivity index (χ0v) is 14.9. The van der Waals surface area contributed by atoms with Gasteiger partial charge in [0, 0.05) is 31.2 Å². The number of urea groups is 1. The fraction of sp³-hybridized carbons (Fsp3) is 0.556. The van der Waals surface area contributed by atoms with Gasteiger partial charge in [0.05, 0.1) is 11.5 Å². The Hall–Kier alpha value is -1.79. The van der Waals surface area contributed by atoms with Gasteiger partial charge in [-0.05, 0) is 43.4 Å². The second kappa shape index (κ2) is 7.22. The van der Waals surface area contributed by atoms with E-state index in [4.69, 9.17) is 17.3 Å². The van der Waals surface area contributed by atoms with Crippen LogP contribution in [0.1, 0.15) is 31.2 Å². The highest BCUT2D eigenvalue weighted by Gasteiger charge is 2.38. The summed E-state index contributed by atoms with van der Waals surface area (Å²) in [5.74, 6) is -0.132. The molecule has 0 radical (unpaired) electrons. The largest absolute Gasteiger partial charge is 0.385 e. The van der Waals surface area contributed by atoms with Gasteiger partial charge in [-0.1, -0.05) is 23.7 Å². The molecule has 0 spiro atoms. The molecule has 0 saturated carbocycles. The highest BCUT2D eigenvalue weighted by molar-refractivity contribution is 6.30. The lowest BCUT2D eigenvalue weighted by atomic mass is 9.84. The molecule has 3 N–H and O–H groups in total. The minimum Gasteiger partial charge on any atom is -0.385 e. The molecule has 6 nitrogen and oxygen atoms in total. The van der Waals surface area contributed by atoms with Gasteiger partial charge in [-0.2, -0.15) is 0 Å². The van der Waals surface area contributed by atoms with E-state index in [-0.39, 0.29) is 11.8 Å². The summed E-state index contributed by atoms with van der Waals surface area (Å²) >= 11 is 5.91. The maximum atomic E-state index is 12.8. The normalized spacial score (nSPS) is 23.4. The Morgan fingerprint density at radius 3 is 2.36 bits per heavy atom. The van der Waals surface area contributed by atoms with Crippen molar-refractivity contribution >= 4 is 23.5 Å². The third-order valence-corrected chi connectivity index (χ3v) is 5.62. The SMILES string of the molecule is NC(=O)N1CCC[C@@H](C(=O)N2CCC(O)(c3ccc(Cl)cc3)CC2)C1. The summed E-state index contributed by atoms with van der Waals surface area (Å²) in [4.78, 5) is 27.5.